The first kappa shape index (κ1) is 12.3. The van der Waals surface area contributed by atoms with E-state index in [1.807, 2.05) is 7.05 Å². The molecule has 0 radical (unpaired) electrons. The summed E-state index contributed by atoms with van der Waals surface area (Å²) >= 11 is 0. The number of oxazole rings is 1. The van der Waals surface area contributed by atoms with E-state index in [0.717, 1.165) is 17.2 Å². The molecule has 1 heterocycles. The van der Waals surface area contributed by atoms with Crippen LogP contribution in [0.3, 0.4) is 0 Å². The zero-order valence-electron chi connectivity index (χ0n) is 11.4. The Bertz CT molecular complexity index is 524. The SMILES string of the molecule is CNc1nc(-c2ccc(C3CCCCC3)cc2)co1. The number of anilines is 1. The van der Waals surface area contributed by atoms with E-state index in [0.29, 0.717) is 6.01 Å². The highest BCUT2D eigenvalue weighted by molar-refractivity contribution is 5.59. The maximum Gasteiger partial charge on any atom is 0.294 e. The second kappa shape index (κ2) is 5.47. The van der Waals surface area contributed by atoms with Crippen LogP contribution in [0.15, 0.2) is 34.9 Å². The van der Waals surface area contributed by atoms with E-state index in [1.165, 1.54) is 37.7 Å². The van der Waals surface area contributed by atoms with Crippen LogP contribution in [0.4, 0.5) is 6.01 Å². The molecule has 19 heavy (non-hydrogen) atoms. The van der Waals surface area contributed by atoms with Gasteiger partial charge >= 0.3 is 0 Å². The molecule has 0 unspecified atom stereocenters. The van der Waals surface area contributed by atoms with E-state index in [1.54, 1.807) is 6.26 Å². The molecule has 3 nitrogen and oxygen atoms in total. The highest BCUT2D eigenvalue weighted by Crippen LogP contribution is 2.33. The first-order chi connectivity index (χ1) is 9.36. The Morgan fingerprint density at radius 2 is 1.84 bits per heavy atom. The van der Waals surface area contributed by atoms with Crippen molar-refractivity contribution in [1.29, 1.82) is 0 Å². The van der Waals surface area contributed by atoms with Gasteiger partial charge in [-0.2, -0.15) is 4.98 Å². The van der Waals surface area contributed by atoms with E-state index in [2.05, 4.69) is 34.6 Å². The standard InChI is InChI=1S/C16H20N2O/c1-17-16-18-15(11-19-16)14-9-7-13(8-10-14)12-5-3-2-4-6-12/h7-12H,2-6H2,1H3,(H,17,18). The van der Waals surface area contributed by atoms with Gasteiger partial charge in [-0.25, -0.2) is 0 Å². The molecule has 1 fully saturated rings. The van der Waals surface area contributed by atoms with Crippen molar-refractivity contribution in [1.82, 2.24) is 4.98 Å². The third kappa shape index (κ3) is 2.65. The Labute approximate surface area is 114 Å². The van der Waals surface area contributed by atoms with Gasteiger partial charge in [-0.05, 0) is 24.3 Å². The smallest absolute Gasteiger partial charge is 0.294 e. The summed E-state index contributed by atoms with van der Waals surface area (Å²) in [5.41, 5.74) is 3.48. The van der Waals surface area contributed by atoms with Gasteiger partial charge in [0.1, 0.15) is 12.0 Å². The van der Waals surface area contributed by atoms with Gasteiger partial charge in [0, 0.05) is 12.6 Å². The Balaban J connectivity index is 1.78. The van der Waals surface area contributed by atoms with Gasteiger partial charge in [0.25, 0.3) is 6.01 Å². The van der Waals surface area contributed by atoms with Gasteiger partial charge < -0.3 is 9.73 Å². The molecule has 1 aromatic heterocycles. The highest BCUT2D eigenvalue weighted by atomic mass is 16.4. The van der Waals surface area contributed by atoms with Gasteiger partial charge in [0.15, 0.2) is 0 Å². The lowest BCUT2D eigenvalue weighted by molar-refractivity contribution is 0.443. The van der Waals surface area contributed by atoms with Crippen molar-refractivity contribution in [3.05, 3.63) is 36.1 Å². The number of nitrogens with zero attached hydrogens (tertiary/aromatic N) is 1. The number of hydrogen-bond donors (Lipinski definition) is 1. The maximum atomic E-state index is 5.29. The van der Waals surface area contributed by atoms with Gasteiger partial charge in [-0.15, -0.1) is 0 Å². The number of nitrogens with one attached hydrogen (secondary N) is 1. The normalized spacial score (nSPS) is 16.5. The number of aromatic nitrogens is 1. The van der Waals surface area contributed by atoms with Gasteiger partial charge in [-0.1, -0.05) is 43.5 Å². The van der Waals surface area contributed by atoms with E-state index in [4.69, 9.17) is 4.42 Å². The van der Waals surface area contributed by atoms with Crippen LogP contribution in [0, 0.1) is 0 Å². The average Bonchev–Trinajstić information content (AvgIpc) is 2.97. The molecular formula is C16H20N2O. The van der Waals surface area contributed by atoms with Crippen molar-refractivity contribution in [3.8, 4) is 11.3 Å². The second-order valence-corrected chi connectivity index (χ2v) is 5.24. The van der Waals surface area contributed by atoms with Crippen molar-refractivity contribution in [3.63, 3.8) is 0 Å². The summed E-state index contributed by atoms with van der Waals surface area (Å²) in [6.07, 6.45) is 8.53. The van der Waals surface area contributed by atoms with E-state index >= 15 is 0 Å². The molecule has 3 rings (SSSR count). The largest absolute Gasteiger partial charge is 0.432 e. The van der Waals surface area contributed by atoms with Gasteiger partial charge in [0.2, 0.25) is 0 Å². The molecule has 0 aliphatic heterocycles. The number of rotatable bonds is 3. The Morgan fingerprint density at radius 3 is 2.47 bits per heavy atom. The maximum absolute atomic E-state index is 5.29. The fourth-order valence-corrected chi connectivity index (χ4v) is 2.88. The molecule has 0 bridgehead atoms. The molecule has 1 aromatic carbocycles. The third-order valence-corrected chi connectivity index (χ3v) is 4.00. The van der Waals surface area contributed by atoms with Crippen LogP contribution in [0.2, 0.25) is 0 Å². The Kier molecular flexibility index (Phi) is 3.53. The minimum absolute atomic E-state index is 0.561. The van der Waals surface area contributed by atoms with Crippen LogP contribution >= 0.6 is 0 Å². The summed E-state index contributed by atoms with van der Waals surface area (Å²) in [6.45, 7) is 0. The Hall–Kier alpha value is -1.77. The lowest BCUT2D eigenvalue weighted by Gasteiger charge is -2.21. The minimum Gasteiger partial charge on any atom is -0.432 e. The minimum atomic E-state index is 0.561. The zero-order chi connectivity index (χ0) is 13.1. The second-order valence-electron chi connectivity index (χ2n) is 5.24. The van der Waals surface area contributed by atoms with Crippen LogP contribution in [0.25, 0.3) is 11.3 Å². The highest BCUT2D eigenvalue weighted by Gasteiger charge is 2.15. The van der Waals surface area contributed by atoms with E-state index in [9.17, 15) is 0 Å². The first-order valence-electron chi connectivity index (χ1n) is 7.10. The molecule has 0 saturated heterocycles. The molecule has 0 atom stereocenters. The average molecular weight is 256 g/mol. The molecule has 0 amide bonds. The van der Waals surface area contributed by atoms with Crippen molar-refractivity contribution >= 4 is 6.01 Å². The monoisotopic (exact) mass is 256 g/mol. The van der Waals surface area contributed by atoms with Crippen LogP contribution in [-0.4, -0.2) is 12.0 Å². The number of benzene rings is 1. The predicted molar refractivity (Wildman–Crippen MR) is 77.3 cm³/mol. The zero-order valence-corrected chi connectivity index (χ0v) is 11.4. The lowest BCUT2D eigenvalue weighted by atomic mass is 9.84. The summed E-state index contributed by atoms with van der Waals surface area (Å²) in [4.78, 5) is 4.36. The molecule has 0 spiro atoms. The summed E-state index contributed by atoms with van der Waals surface area (Å²) < 4.78 is 5.29. The fraction of sp³-hybridized carbons (Fsp3) is 0.438. The molecular weight excluding hydrogens is 236 g/mol. The van der Waals surface area contributed by atoms with Crippen molar-refractivity contribution in [2.24, 2.45) is 0 Å². The summed E-state index contributed by atoms with van der Waals surface area (Å²) in [7, 11) is 1.81. The van der Waals surface area contributed by atoms with Crippen molar-refractivity contribution < 1.29 is 4.42 Å². The molecule has 1 aliphatic rings. The van der Waals surface area contributed by atoms with Crippen LogP contribution in [-0.2, 0) is 0 Å². The summed E-state index contributed by atoms with van der Waals surface area (Å²) in [5, 5.41) is 2.90. The molecule has 2 aromatic rings. The van der Waals surface area contributed by atoms with Crippen LogP contribution in [0.1, 0.15) is 43.6 Å². The summed E-state index contributed by atoms with van der Waals surface area (Å²) in [6, 6.07) is 9.37. The fourth-order valence-electron chi connectivity index (χ4n) is 2.88. The topological polar surface area (TPSA) is 38.1 Å². The quantitative estimate of drug-likeness (QED) is 0.882. The van der Waals surface area contributed by atoms with Gasteiger partial charge in [-0.3, -0.25) is 0 Å². The van der Waals surface area contributed by atoms with Crippen LogP contribution in [0.5, 0.6) is 0 Å². The predicted octanol–water partition coefficient (Wildman–Crippen LogP) is 4.43. The lowest BCUT2D eigenvalue weighted by Crippen LogP contribution is -2.04. The molecule has 100 valence electrons. The van der Waals surface area contributed by atoms with Gasteiger partial charge in [0.05, 0.1) is 0 Å². The van der Waals surface area contributed by atoms with Crippen molar-refractivity contribution in [2.45, 2.75) is 38.0 Å². The molecule has 1 saturated carbocycles. The molecule has 1 aliphatic carbocycles. The van der Waals surface area contributed by atoms with E-state index in [-0.39, 0.29) is 0 Å². The van der Waals surface area contributed by atoms with Crippen LogP contribution < -0.4 is 5.32 Å². The first-order valence-corrected chi connectivity index (χ1v) is 7.10. The molecule has 3 heteroatoms. The third-order valence-electron chi connectivity index (χ3n) is 4.00. The van der Waals surface area contributed by atoms with Crippen molar-refractivity contribution in [2.75, 3.05) is 12.4 Å². The van der Waals surface area contributed by atoms with E-state index < -0.39 is 0 Å². The summed E-state index contributed by atoms with van der Waals surface area (Å²) in [5.74, 6) is 0.757. The molecule has 1 N–H and O–H groups in total. The Morgan fingerprint density at radius 1 is 1.11 bits per heavy atom. The number of hydrogen-bond acceptors (Lipinski definition) is 3.